The van der Waals surface area contributed by atoms with Crippen LogP contribution in [-0.4, -0.2) is 58.2 Å². The molecule has 0 saturated carbocycles. The van der Waals surface area contributed by atoms with Gasteiger partial charge in [-0.1, -0.05) is 34.5 Å². The third-order valence-corrected chi connectivity index (χ3v) is 7.72. The molecule has 184 valence electrons. The van der Waals surface area contributed by atoms with Crippen LogP contribution in [0.1, 0.15) is 0 Å². The maximum absolute atomic E-state index is 12.1. The maximum atomic E-state index is 12.1. The highest BCUT2D eigenvalue weighted by Gasteiger charge is 2.18. The molecule has 6 rings (SSSR count). The number of aromatic nitrogens is 3. The molecule has 1 aliphatic rings. The van der Waals surface area contributed by atoms with Crippen molar-refractivity contribution in [2.75, 3.05) is 38.1 Å². The Kier molecular flexibility index (Phi) is 6.55. The summed E-state index contributed by atoms with van der Waals surface area (Å²) in [6.45, 7) is 4.28. The lowest BCUT2D eigenvalue weighted by molar-refractivity contribution is 0.313. The third kappa shape index (κ3) is 4.27. The van der Waals surface area contributed by atoms with E-state index in [1.165, 1.54) is 5.69 Å². The summed E-state index contributed by atoms with van der Waals surface area (Å²) in [5.41, 5.74) is 6.07. The molecule has 9 heteroatoms. The van der Waals surface area contributed by atoms with Gasteiger partial charge in [0.15, 0.2) is 21.5 Å². The van der Waals surface area contributed by atoms with Crippen molar-refractivity contribution in [3.8, 4) is 22.3 Å². The number of thiol groups is 1. The van der Waals surface area contributed by atoms with Gasteiger partial charge in [-0.05, 0) is 53.9 Å². The van der Waals surface area contributed by atoms with E-state index in [0.717, 1.165) is 64.9 Å². The fraction of sp³-hybridized carbons (Fsp3) is 0.185. The highest BCUT2D eigenvalue weighted by molar-refractivity contribution is 7.82. The molecule has 3 heterocycles. The Morgan fingerprint density at radius 3 is 2.28 bits per heavy atom. The highest BCUT2D eigenvalue weighted by Crippen LogP contribution is 2.34. The second-order valence-corrected chi connectivity index (χ2v) is 10.1. The Hall–Kier alpha value is -3.63. The van der Waals surface area contributed by atoms with Gasteiger partial charge < -0.3 is 15.3 Å². The number of hydrogen-bond acceptors (Lipinski definition) is 6. The average molecular weight is 501 g/mol. The molecular weight excluding hydrogens is 472 g/mol. The van der Waals surface area contributed by atoms with E-state index in [1.54, 1.807) is 0 Å². The minimum absolute atomic E-state index is 0. The zero-order chi connectivity index (χ0) is 23.9. The van der Waals surface area contributed by atoms with Crippen molar-refractivity contribution in [1.82, 2.24) is 19.5 Å². The van der Waals surface area contributed by atoms with Gasteiger partial charge in [-0.2, -0.15) is 5.10 Å². The predicted octanol–water partition coefficient (Wildman–Crippen LogP) is 3.72. The van der Waals surface area contributed by atoms with Gasteiger partial charge >= 0.3 is 0 Å². The Bertz CT molecular complexity index is 1560. The van der Waals surface area contributed by atoms with Gasteiger partial charge in [0.1, 0.15) is 0 Å². The van der Waals surface area contributed by atoms with Gasteiger partial charge in [0.25, 0.3) is 0 Å². The number of nitrogens with two attached hydrogens (primary N) is 1. The molecule has 0 aliphatic carbocycles. The van der Waals surface area contributed by atoms with Crippen LogP contribution in [0.25, 0.3) is 38.7 Å². The number of hydrogen-bond donors (Lipinski definition) is 1. The largest absolute Gasteiger partial charge is 0.870 e. The lowest BCUT2D eigenvalue weighted by Gasteiger charge is -2.34. The second kappa shape index (κ2) is 9.79. The van der Waals surface area contributed by atoms with E-state index in [1.807, 2.05) is 59.5 Å². The van der Waals surface area contributed by atoms with Gasteiger partial charge in [0.05, 0.1) is 6.20 Å². The van der Waals surface area contributed by atoms with Crippen LogP contribution in [-0.2, 0) is 15.2 Å². The van der Waals surface area contributed by atoms with Crippen molar-refractivity contribution in [2.45, 2.75) is 4.90 Å². The van der Waals surface area contributed by atoms with E-state index < -0.39 is 11.0 Å². The number of rotatable bonds is 4. The summed E-state index contributed by atoms with van der Waals surface area (Å²) in [6.07, 6.45) is 5.76. The number of anilines is 1. The Balaban J connectivity index is 0.00000267. The van der Waals surface area contributed by atoms with Crippen molar-refractivity contribution in [2.24, 2.45) is 5.14 Å². The van der Waals surface area contributed by atoms with Crippen LogP contribution >= 0.6 is 0 Å². The summed E-state index contributed by atoms with van der Waals surface area (Å²) in [6, 6.07) is 20.4. The summed E-state index contributed by atoms with van der Waals surface area (Å²) in [7, 11) is 0.241. The zero-order valence-electron chi connectivity index (χ0n) is 20.0. The van der Waals surface area contributed by atoms with Crippen molar-refractivity contribution in [1.29, 1.82) is 0 Å². The molecule has 1 saturated heterocycles. The lowest BCUT2D eigenvalue weighted by Crippen LogP contribution is -2.44. The van der Waals surface area contributed by atoms with Crippen LogP contribution in [0, 0.1) is 0 Å². The SMILES string of the molecule is CN1CCN(c2ccc(-c3cnc4c(-c5ccc([SH+](N)=O)c6ccccc56)cnn4c3)cc2)CC1.[OH-]. The molecule has 0 spiro atoms. The normalized spacial score (nSPS) is 15.2. The van der Waals surface area contributed by atoms with E-state index in [4.69, 9.17) is 10.1 Å². The minimum Gasteiger partial charge on any atom is -0.870 e. The molecule has 5 aromatic rings. The topological polar surface area (TPSA) is 110 Å². The smallest absolute Gasteiger partial charge is 0.182 e. The Morgan fingerprint density at radius 2 is 1.56 bits per heavy atom. The van der Waals surface area contributed by atoms with E-state index in [0.29, 0.717) is 4.90 Å². The molecule has 1 fully saturated rings. The van der Waals surface area contributed by atoms with E-state index >= 15 is 0 Å². The van der Waals surface area contributed by atoms with Gasteiger partial charge in [-0.15, -0.1) is 5.14 Å². The second-order valence-electron chi connectivity index (χ2n) is 9.01. The molecular formula is C27H28N6O2S. The molecule has 2 aromatic heterocycles. The monoisotopic (exact) mass is 500 g/mol. The summed E-state index contributed by atoms with van der Waals surface area (Å²) < 4.78 is 13.9. The summed E-state index contributed by atoms with van der Waals surface area (Å²) in [4.78, 5) is 10.2. The number of nitrogens with zero attached hydrogens (tertiary/aromatic N) is 5. The summed E-state index contributed by atoms with van der Waals surface area (Å²) in [5, 5.41) is 12.2. The molecule has 0 amide bonds. The minimum atomic E-state index is -1.93. The van der Waals surface area contributed by atoms with E-state index in [2.05, 4.69) is 46.2 Å². The van der Waals surface area contributed by atoms with Crippen LogP contribution in [0.3, 0.4) is 0 Å². The number of likely N-dealkylation sites (N-methyl/N-ethyl adjacent to an activating group) is 1. The summed E-state index contributed by atoms with van der Waals surface area (Å²) >= 11 is 0. The Labute approximate surface area is 211 Å². The van der Waals surface area contributed by atoms with Crippen LogP contribution in [0.5, 0.6) is 0 Å². The highest BCUT2D eigenvalue weighted by atomic mass is 32.2. The van der Waals surface area contributed by atoms with Crippen LogP contribution in [0.15, 0.2) is 84.1 Å². The quantitative estimate of drug-likeness (QED) is 0.298. The molecule has 36 heavy (non-hydrogen) atoms. The maximum Gasteiger partial charge on any atom is 0.182 e. The van der Waals surface area contributed by atoms with E-state index in [9.17, 15) is 4.21 Å². The van der Waals surface area contributed by atoms with Crippen molar-refractivity contribution < 1.29 is 9.69 Å². The first-order valence-electron chi connectivity index (χ1n) is 11.7. The number of piperazine rings is 1. The van der Waals surface area contributed by atoms with Crippen LogP contribution in [0.4, 0.5) is 5.69 Å². The van der Waals surface area contributed by atoms with Gasteiger partial charge in [-0.3, -0.25) is 0 Å². The Morgan fingerprint density at radius 1 is 0.833 bits per heavy atom. The van der Waals surface area contributed by atoms with Crippen LogP contribution < -0.4 is 10.0 Å². The zero-order valence-corrected chi connectivity index (χ0v) is 20.8. The first-order valence-corrected chi connectivity index (χ1v) is 13.0. The van der Waals surface area contributed by atoms with Crippen molar-refractivity contribution in [3.05, 3.63) is 79.3 Å². The summed E-state index contributed by atoms with van der Waals surface area (Å²) in [5.74, 6) is 0. The molecule has 1 atom stereocenters. The van der Waals surface area contributed by atoms with Crippen LogP contribution in [0.2, 0.25) is 0 Å². The molecule has 3 N–H and O–H groups in total. The predicted molar refractivity (Wildman–Crippen MR) is 145 cm³/mol. The van der Waals surface area contributed by atoms with Gasteiger partial charge in [0.2, 0.25) is 0 Å². The number of benzene rings is 3. The third-order valence-electron chi connectivity index (χ3n) is 6.85. The standard InChI is InChI=1S/C27H26N6OS.H2O/c1-31-12-14-32(15-13-31)21-8-6-19(7-9-21)20-16-29-27-25(17-30-33(27)18-20)23-10-11-26(35(28)34)24-5-3-2-4-22(23)24;/h2-11,16-18H,12-15H2,1H3,(H2,28,34);1H2. The number of fused-ring (bicyclic) bond motifs is 2. The first-order chi connectivity index (χ1) is 17.1. The molecule has 0 bridgehead atoms. The van der Waals surface area contributed by atoms with Crippen molar-refractivity contribution >= 4 is 33.1 Å². The lowest BCUT2D eigenvalue weighted by atomic mass is 10.00. The average Bonchev–Trinajstić information content (AvgIpc) is 3.31. The van der Waals surface area contributed by atoms with Gasteiger partial charge in [-0.25, -0.2) is 9.50 Å². The molecule has 1 aliphatic heterocycles. The van der Waals surface area contributed by atoms with E-state index in [-0.39, 0.29) is 5.48 Å². The molecule has 0 radical (unpaired) electrons. The fourth-order valence-electron chi connectivity index (χ4n) is 4.85. The molecule has 8 nitrogen and oxygen atoms in total. The molecule has 1 unspecified atom stereocenters. The van der Waals surface area contributed by atoms with Crippen molar-refractivity contribution in [3.63, 3.8) is 0 Å². The molecule has 3 aromatic carbocycles. The van der Waals surface area contributed by atoms with Gasteiger partial charge in [0, 0.05) is 60.8 Å². The fourth-order valence-corrected chi connectivity index (χ4v) is 5.51. The first kappa shape index (κ1) is 24.1.